The van der Waals surface area contributed by atoms with Crippen molar-refractivity contribution in [1.29, 1.82) is 0 Å². The first kappa shape index (κ1) is 27.3. The Morgan fingerprint density at radius 3 is 1.84 bits per heavy atom. The van der Waals surface area contributed by atoms with E-state index in [0.717, 1.165) is 18.6 Å². The van der Waals surface area contributed by atoms with Crippen molar-refractivity contribution in [3.63, 3.8) is 0 Å². The summed E-state index contributed by atoms with van der Waals surface area (Å²) in [5.41, 5.74) is 10.8. The largest absolute Gasteiger partial charge is 0.497 e. The average molecular weight is 441 g/mol. The van der Waals surface area contributed by atoms with Crippen LogP contribution in [0.4, 0.5) is 0 Å². The van der Waals surface area contributed by atoms with Crippen LogP contribution in [0.3, 0.4) is 0 Å². The Morgan fingerprint density at radius 1 is 0.903 bits per heavy atom. The Bertz CT molecular complexity index is 780. The lowest BCUT2D eigenvalue weighted by atomic mass is 9.91. The maximum absolute atomic E-state index is 5.40. The highest BCUT2D eigenvalue weighted by atomic mass is 28.3. The van der Waals surface area contributed by atoms with Crippen molar-refractivity contribution in [3.05, 3.63) is 47.1 Å². The van der Waals surface area contributed by atoms with Gasteiger partial charge in [0.15, 0.2) is 0 Å². The van der Waals surface area contributed by atoms with E-state index in [1.807, 2.05) is 12.1 Å². The molecule has 0 amide bonds. The van der Waals surface area contributed by atoms with Crippen molar-refractivity contribution in [2.75, 3.05) is 20.8 Å². The fourth-order valence-corrected chi connectivity index (χ4v) is 10.1. The molecular weight excluding hydrogens is 396 g/mol. The van der Waals surface area contributed by atoms with Crippen LogP contribution in [-0.2, 0) is 4.74 Å². The lowest BCUT2D eigenvalue weighted by Gasteiger charge is -2.38. The topological polar surface area (TPSA) is 18.5 Å². The fraction of sp³-hybridized carbons (Fsp3) is 0.571. The molecule has 2 nitrogen and oxygen atoms in total. The number of ether oxygens (including phenoxy) is 2. The highest BCUT2D eigenvalue weighted by Crippen LogP contribution is 2.41. The van der Waals surface area contributed by atoms with Crippen molar-refractivity contribution in [2.45, 2.75) is 84.9 Å². The van der Waals surface area contributed by atoms with Crippen molar-refractivity contribution in [2.24, 2.45) is 0 Å². The van der Waals surface area contributed by atoms with E-state index in [2.05, 4.69) is 85.1 Å². The van der Waals surface area contributed by atoms with E-state index in [-0.39, 0.29) is 0 Å². The Labute approximate surface area is 193 Å². The van der Waals surface area contributed by atoms with Crippen LogP contribution in [0.1, 0.15) is 73.8 Å². The lowest BCUT2D eigenvalue weighted by Crippen LogP contribution is -2.43. The van der Waals surface area contributed by atoms with Crippen LogP contribution in [0.25, 0.3) is 5.57 Å². The molecule has 0 aliphatic heterocycles. The second-order valence-electron chi connectivity index (χ2n) is 9.11. The van der Waals surface area contributed by atoms with E-state index in [1.165, 1.54) is 22.3 Å². The minimum Gasteiger partial charge on any atom is -0.497 e. The molecular formula is C28H44O2Si. The van der Waals surface area contributed by atoms with Crippen LogP contribution in [0.15, 0.2) is 41.5 Å². The number of benzene rings is 1. The zero-order valence-corrected chi connectivity index (χ0v) is 22.6. The first-order chi connectivity index (χ1) is 14.7. The zero-order valence-electron chi connectivity index (χ0n) is 21.6. The van der Waals surface area contributed by atoms with Crippen molar-refractivity contribution in [1.82, 2.24) is 0 Å². The second-order valence-corrected chi connectivity index (χ2v) is 14.7. The van der Waals surface area contributed by atoms with E-state index >= 15 is 0 Å². The molecule has 1 rings (SSSR count). The minimum absolute atomic E-state index is 0.581. The van der Waals surface area contributed by atoms with Crippen molar-refractivity contribution >= 4 is 13.6 Å². The first-order valence-electron chi connectivity index (χ1n) is 11.8. The normalized spacial score (nSPS) is 13.4. The number of methoxy groups -OCH3 is 2. The SMILES string of the molecule is CC/C(C#C[Si](C(C)C)(C(C)C)C(C)C)=C(CC)/C(=C/COC)c1ccc(OC)cc1. The first-order valence-corrected chi connectivity index (χ1v) is 14.0. The predicted octanol–water partition coefficient (Wildman–Crippen LogP) is 8.06. The molecule has 0 saturated heterocycles. The minimum atomic E-state index is -1.77. The Kier molecular flexibility index (Phi) is 11.4. The van der Waals surface area contributed by atoms with E-state index in [1.54, 1.807) is 14.2 Å². The van der Waals surface area contributed by atoms with E-state index < -0.39 is 8.07 Å². The molecule has 1 aromatic rings. The number of rotatable bonds is 10. The molecule has 0 saturated carbocycles. The second kappa shape index (κ2) is 12.9. The van der Waals surface area contributed by atoms with Gasteiger partial charge in [0, 0.05) is 12.7 Å². The molecule has 0 spiro atoms. The van der Waals surface area contributed by atoms with Crippen LogP contribution in [-0.4, -0.2) is 28.9 Å². The fourth-order valence-electron chi connectivity index (χ4n) is 4.91. The zero-order chi connectivity index (χ0) is 23.6. The molecule has 0 unspecified atom stereocenters. The monoisotopic (exact) mass is 440 g/mol. The average Bonchev–Trinajstić information content (AvgIpc) is 2.74. The summed E-state index contributed by atoms with van der Waals surface area (Å²) in [5, 5.41) is 0. The highest BCUT2D eigenvalue weighted by Gasteiger charge is 2.41. The summed E-state index contributed by atoms with van der Waals surface area (Å²) in [4.78, 5) is 0. The molecule has 0 aliphatic rings. The number of hydrogen-bond donors (Lipinski definition) is 0. The number of allylic oxidation sites excluding steroid dienone is 3. The summed E-state index contributed by atoms with van der Waals surface area (Å²) in [5.74, 6) is 4.61. The Balaban J connectivity index is 3.68. The standard InChI is InChI=1S/C28H44O2Si/c1-11-24(18-20-31(21(3)4,22(5)6)23(7)8)27(12-2)28(17-19-29-9)25-13-15-26(30-10)16-14-25/h13-17,21-23H,11-12,19H2,1-10H3/b27-24-,28-17+. The van der Waals surface area contributed by atoms with E-state index in [9.17, 15) is 0 Å². The molecule has 0 radical (unpaired) electrons. The summed E-state index contributed by atoms with van der Waals surface area (Å²) < 4.78 is 10.8. The summed E-state index contributed by atoms with van der Waals surface area (Å²) in [6.07, 6.45) is 4.07. The van der Waals surface area contributed by atoms with Gasteiger partial charge in [0.2, 0.25) is 0 Å². The molecule has 3 heteroatoms. The molecule has 0 atom stereocenters. The predicted molar refractivity (Wildman–Crippen MR) is 139 cm³/mol. The number of hydrogen-bond acceptors (Lipinski definition) is 2. The van der Waals surface area contributed by atoms with E-state index in [0.29, 0.717) is 23.2 Å². The quantitative estimate of drug-likeness (QED) is 0.208. The maximum atomic E-state index is 5.40. The van der Waals surface area contributed by atoms with Gasteiger partial charge in [0.25, 0.3) is 0 Å². The van der Waals surface area contributed by atoms with Crippen LogP contribution < -0.4 is 4.74 Å². The van der Waals surface area contributed by atoms with Gasteiger partial charge >= 0.3 is 0 Å². The summed E-state index contributed by atoms with van der Waals surface area (Å²) in [6.45, 7) is 19.3. The molecule has 0 bridgehead atoms. The summed E-state index contributed by atoms with van der Waals surface area (Å²) >= 11 is 0. The van der Waals surface area contributed by atoms with Crippen LogP contribution in [0.2, 0.25) is 16.6 Å². The van der Waals surface area contributed by atoms with Crippen LogP contribution >= 0.6 is 0 Å². The summed E-state index contributed by atoms with van der Waals surface area (Å²) in [6, 6.07) is 8.31. The summed E-state index contributed by atoms with van der Waals surface area (Å²) in [7, 11) is 1.67. The van der Waals surface area contributed by atoms with Crippen molar-refractivity contribution < 1.29 is 9.47 Å². The van der Waals surface area contributed by atoms with Gasteiger partial charge in [-0.15, -0.1) is 5.54 Å². The third-order valence-electron chi connectivity index (χ3n) is 6.55. The molecule has 0 aliphatic carbocycles. The Morgan fingerprint density at radius 2 is 1.45 bits per heavy atom. The van der Waals surface area contributed by atoms with Gasteiger partial charge in [0.05, 0.1) is 13.7 Å². The molecule has 0 fully saturated rings. The Hall–Kier alpha value is -1.76. The van der Waals surface area contributed by atoms with Gasteiger partial charge in [-0.25, -0.2) is 0 Å². The maximum Gasteiger partial charge on any atom is 0.146 e. The lowest BCUT2D eigenvalue weighted by molar-refractivity contribution is 0.234. The van der Waals surface area contributed by atoms with Gasteiger partial charge in [-0.3, -0.25) is 0 Å². The molecule has 0 aromatic heterocycles. The highest BCUT2D eigenvalue weighted by molar-refractivity contribution is 6.90. The van der Waals surface area contributed by atoms with E-state index in [4.69, 9.17) is 9.47 Å². The molecule has 172 valence electrons. The molecule has 1 aromatic carbocycles. The van der Waals surface area contributed by atoms with Gasteiger partial charge in [0.1, 0.15) is 13.8 Å². The van der Waals surface area contributed by atoms with Crippen LogP contribution in [0.5, 0.6) is 5.75 Å². The third-order valence-corrected chi connectivity index (χ3v) is 12.8. The molecule has 31 heavy (non-hydrogen) atoms. The van der Waals surface area contributed by atoms with Gasteiger partial charge in [-0.2, -0.15) is 0 Å². The molecule has 0 N–H and O–H groups in total. The van der Waals surface area contributed by atoms with Gasteiger partial charge in [-0.05, 0) is 58.3 Å². The van der Waals surface area contributed by atoms with Crippen LogP contribution in [0, 0.1) is 11.5 Å². The molecule has 0 heterocycles. The van der Waals surface area contributed by atoms with Gasteiger partial charge < -0.3 is 9.47 Å². The van der Waals surface area contributed by atoms with Gasteiger partial charge in [-0.1, -0.05) is 79.5 Å². The van der Waals surface area contributed by atoms with Crippen molar-refractivity contribution in [3.8, 4) is 17.2 Å². The smallest absolute Gasteiger partial charge is 0.146 e. The third kappa shape index (κ3) is 6.61.